The molecule has 0 rings (SSSR count). The summed E-state index contributed by atoms with van der Waals surface area (Å²) >= 11 is 0. The molecule has 7 nitrogen and oxygen atoms in total. The van der Waals surface area contributed by atoms with Gasteiger partial charge in [-0.25, -0.2) is 0 Å². The molecule has 116 valence electrons. The van der Waals surface area contributed by atoms with Crippen molar-refractivity contribution < 1.29 is 14.7 Å². The molecule has 0 unspecified atom stereocenters. The first kappa shape index (κ1) is 19.0. The molecule has 0 aliphatic rings. The second-order valence-corrected chi connectivity index (χ2v) is 4.91. The second kappa shape index (κ2) is 11.8. The van der Waals surface area contributed by atoms with E-state index in [4.69, 9.17) is 22.3 Å². The number of carboxylic acids is 1. The molecule has 0 radical (unpaired) electrons. The Hall–Kier alpha value is -0.955. The van der Waals surface area contributed by atoms with Crippen LogP contribution in [-0.2, 0) is 9.59 Å². The van der Waals surface area contributed by atoms with E-state index < -0.39 is 18.1 Å². The summed E-state index contributed by atoms with van der Waals surface area (Å²) < 4.78 is 0. The summed E-state index contributed by atoms with van der Waals surface area (Å²) in [5.74, 6) is -0.952. The molecule has 0 heterocycles. The van der Waals surface area contributed by atoms with Crippen LogP contribution >= 0.6 is 0 Å². The van der Waals surface area contributed by atoms with Crippen molar-refractivity contribution in [2.75, 3.05) is 13.1 Å². The Kier molecular flexibility index (Phi) is 11.3. The summed E-state index contributed by atoms with van der Waals surface area (Å²) in [6.07, 6.45) is 4.19. The van der Waals surface area contributed by atoms with Gasteiger partial charge in [-0.3, -0.25) is 4.79 Å². The fraction of sp³-hybridized carbons (Fsp3) is 0.833. The van der Waals surface area contributed by atoms with Crippen molar-refractivity contribution >= 4 is 19.1 Å². The van der Waals surface area contributed by atoms with Gasteiger partial charge in [0.2, 0.25) is 0 Å². The lowest BCUT2D eigenvalue weighted by atomic mass is 9.79. The molecule has 2 atom stereocenters. The van der Waals surface area contributed by atoms with E-state index in [1.165, 1.54) is 0 Å². The molecule has 0 aliphatic heterocycles. The standard InChI is InChI=1S/C12H27BN4O3/c14-7-3-1-5-9(16)11(18)13-17-10(12(19)20)6-2-4-8-15/h9-10,13,17H,1-8,14-16H2,(H,19,20)/t9-,10-/m0/s1. The van der Waals surface area contributed by atoms with E-state index in [9.17, 15) is 9.59 Å². The van der Waals surface area contributed by atoms with Crippen LogP contribution < -0.4 is 22.4 Å². The van der Waals surface area contributed by atoms with Crippen molar-refractivity contribution in [3.05, 3.63) is 0 Å². The van der Waals surface area contributed by atoms with Crippen LogP contribution in [0.1, 0.15) is 38.5 Å². The summed E-state index contributed by atoms with van der Waals surface area (Å²) in [6.45, 7) is 1.12. The van der Waals surface area contributed by atoms with Gasteiger partial charge in [0.05, 0.1) is 12.1 Å². The minimum atomic E-state index is -0.952. The van der Waals surface area contributed by atoms with E-state index in [2.05, 4.69) is 5.23 Å². The predicted molar refractivity (Wildman–Crippen MR) is 80.5 cm³/mol. The highest BCUT2D eigenvalue weighted by Gasteiger charge is 2.20. The predicted octanol–water partition coefficient (Wildman–Crippen LogP) is -1.51. The average molecular weight is 286 g/mol. The van der Waals surface area contributed by atoms with Crippen LogP contribution in [-0.4, -0.2) is 49.3 Å². The Balaban J connectivity index is 4.00. The Morgan fingerprint density at radius 3 is 2.10 bits per heavy atom. The summed E-state index contributed by atoms with van der Waals surface area (Å²) in [4.78, 5) is 22.8. The molecule has 8 N–H and O–H groups in total. The van der Waals surface area contributed by atoms with Crippen LogP contribution in [0.5, 0.6) is 0 Å². The average Bonchev–Trinajstić information content (AvgIpc) is 2.42. The lowest BCUT2D eigenvalue weighted by molar-refractivity contribution is -0.139. The summed E-state index contributed by atoms with van der Waals surface area (Å²) in [5, 5.41) is 11.8. The maximum absolute atomic E-state index is 11.8. The van der Waals surface area contributed by atoms with Crippen LogP contribution in [0.15, 0.2) is 0 Å². The van der Waals surface area contributed by atoms with E-state index in [1.807, 2.05) is 0 Å². The van der Waals surface area contributed by atoms with Crippen LogP contribution in [0.25, 0.3) is 0 Å². The maximum atomic E-state index is 11.8. The van der Waals surface area contributed by atoms with Crippen molar-refractivity contribution in [3.63, 3.8) is 0 Å². The number of carboxylic acid groups (broad SMARTS) is 1. The first-order valence-corrected chi connectivity index (χ1v) is 7.17. The number of nitrogens with one attached hydrogen (secondary N) is 1. The first-order chi connectivity index (χ1) is 9.52. The number of hydrogen-bond donors (Lipinski definition) is 5. The highest BCUT2D eigenvalue weighted by molar-refractivity contribution is 6.73. The Bertz CT molecular complexity index is 292. The van der Waals surface area contributed by atoms with Crippen LogP contribution in [0.2, 0.25) is 0 Å². The van der Waals surface area contributed by atoms with E-state index in [1.54, 1.807) is 0 Å². The van der Waals surface area contributed by atoms with Gasteiger partial charge >= 0.3 is 5.97 Å². The van der Waals surface area contributed by atoms with E-state index in [0.29, 0.717) is 25.9 Å². The SMILES string of the molecule is NCCCC[C@H](NBC(=O)[C@@H](N)CCCCN)C(=O)O. The molecule has 0 aromatic rings. The summed E-state index contributed by atoms with van der Waals surface area (Å²) in [6, 6.07) is -1.27. The molecule has 0 amide bonds. The zero-order valence-corrected chi connectivity index (χ0v) is 12.0. The monoisotopic (exact) mass is 286 g/mol. The minimum Gasteiger partial charge on any atom is -0.480 e. The van der Waals surface area contributed by atoms with E-state index in [0.717, 1.165) is 25.7 Å². The molecule has 0 bridgehead atoms. The van der Waals surface area contributed by atoms with Gasteiger partial charge in [0.25, 0.3) is 7.41 Å². The fourth-order valence-electron chi connectivity index (χ4n) is 1.83. The quantitative estimate of drug-likeness (QED) is 0.204. The van der Waals surface area contributed by atoms with Crippen LogP contribution in [0, 0.1) is 0 Å². The number of rotatable bonds is 13. The van der Waals surface area contributed by atoms with Crippen LogP contribution in [0.3, 0.4) is 0 Å². The van der Waals surface area contributed by atoms with Gasteiger partial charge in [-0.1, -0.05) is 12.8 Å². The normalized spacial score (nSPS) is 13.8. The molecule has 0 fully saturated rings. The Morgan fingerprint density at radius 2 is 1.60 bits per heavy atom. The molecule has 20 heavy (non-hydrogen) atoms. The molecule has 0 spiro atoms. The number of carbonyl (C=O) groups excluding carboxylic acids is 1. The number of carbonyl (C=O) groups is 2. The Morgan fingerprint density at radius 1 is 1.05 bits per heavy atom. The zero-order valence-electron chi connectivity index (χ0n) is 12.0. The summed E-state index contributed by atoms with van der Waals surface area (Å²) in [5.41, 5.74) is 16.3. The van der Waals surface area contributed by atoms with Crippen molar-refractivity contribution in [1.29, 1.82) is 0 Å². The van der Waals surface area contributed by atoms with E-state index >= 15 is 0 Å². The molecule has 0 aliphatic carbocycles. The van der Waals surface area contributed by atoms with Crippen molar-refractivity contribution in [1.82, 2.24) is 5.23 Å². The number of nitrogens with two attached hydrogens (primary N) is 3. The van der Waals surface area contributed by atoms with Gasteiger partial charge in [0.1, 0.15) is 5.68 Å². The van der Waals surface area contributed by atoms with Gasteiger partial charge < -0.3 is 32.3 Å². The molecule has 8 heteroatoms. The number of hydrogen-bond acceptors (Lipinski definition) is 6. The lowest BCUT2D eigenvalue weighted by Gasteiger charge is -2.15. The van der Waals surface area contributed by atoms with Gasteiger partial charge in [-0.15, -0.1) is 0 Å². The third-order valence-electron chi connectivity index (χ3n) is 3.15. The third-order valence-corrected chi connectivity index (χ3v) is 3.15. The van der Waals surface area contributed by atoms with Crippen LogP contribution in [0.4, 0.5) is 0 Å². The first-order valence-electron chi connectivity index (χ1n) is 7.17. The largest absolute Gasteiger partial charge is 0.480 e. The van der Waals surface area contributed by atoms with Crippen molar-refractivity contribution in [2.45, 2.75) is 50.6 Å². The minimum absolute atomic E-state index is 0.0105. The highest BCUT2D eigenvalue weighted by atomic mass is 16.4. The summed E-state index contributed by atoms with van der Waals surface area (Å²) in [7, 11) is -0.0105. The Labute approximate surface area is 120 Å². The third kappa shape index (κ3) is 9.03. The van der Waals surface area contributed by atoms with Gasteiger partial charge in [0.15, 0.2) is 0 Å². The molecule has 0 aromatic carbocycles. The van der Waals surface area contributed by atoms with E-state index in [-0.39, 0.29) is 13.1 Å². The lowest BCUT2D eigenvalue weighted by Crippen LogP contribution is -2.47. The molecule has 0 saturated carbocycles. The fourth-order valence-corrected chi connectivity index (χ4v) is 1.83. The number of aliphatic carboxylic acids is 1. The smallest absolute Gasteiger partial charge is 0.319 e. The van der Waals surface area contributed by atoms with Gasteiger partial charge in [-0.2, -0.15) is 0 Å². The topological polar surface area (TPSA) is 144 Å². The van der Waals surface area contributed by atoms with Crippen molar-refractivity contribution in [3.8, 4) is 0 Å². The molecular weight excluding hydrogens is 259 g/mol. The second-order valence-electron chi connectivity index (χ2n) is 4.91. The molecule has 0 aromatic heterocycles. The highest BCUT2D eigenvalue weighted by Crippen LogP contribution is 2.01. The molecular formula is C12H27BN4O3. The zero-order chi connectivity index (χ0) is 15.4. The van der Waals surface area contributed by atoms with Crippen molar-refractivity contribution in [2.24, 2.45) is 17.2 Å². The van der Waals surface area contributed by atoms with Gasteiger partial charge in [-0.05, 0) is 38.8 Å². The molecule has 0 saturated heterocycles. The number of unbranched alkanes of at least 4 members (excludes halogenated alkanes) is 2. The van der Waals surface area contributed by atoms with Gasteiger partial charge in [0, 0.05) is 0 Å². The maximum Gasteiger partial charge on any atom is 0.319 e.